The van der Waals surface area contributed by atoms with Crippen LogP contribution < -0.4 is 15.4 Å². The third-order valence-electron chi connectivity index (χ3n) is 4.38. The molecule has 1 fully saturated rings. The van der Waals surface area contributed by atoms with E-state index in [-0.39, 0.29) is 12.6 Å². The Hall–Kier alpha value is -2.74. The Labute approximate surface area is 155 Å². The Morgan fingerprint density at radius 3 is 2.89 bits per heavy atom. The minimum atomic E-state index is -1.03. The molecular weight excluding hydrogens is 352 g/mol. The fourth-order valence-electron chi connectivity index (χ4n) is 3.18. The number of rotatable bonds is 5. The molecule has 2 unspecified atom stereocenters. The van der Waals surface area contributed by atoms with E-state index >= 15 is 0 Å². The molecule has 0 bridgehead atoms. The molecule has 142 valence electrons. The van der Waals surface area contributed by atoms with Crippen molar-refractivity contribution in [3.63, 3.8) is 0 Å². The number of nitrogens with zero attached hydrogens (tertiary/aromatic N) is 3. The molecule has 27 heavy (non-hydrogen) atoms. The van der Waals surface area contributed by atoms with Crippen molar-refractivity contribution in [1.29, 1.82) is 0 Å². The van der Waals surface area contributed by atoms with E-state index in [0.29, 0.717) is 35.1 Å². The van der Waals surface area contributed by atoms with Crippen LogP contribution in [0, 0.1) is 5.82 Å². The van der Waals surface area contributed by atoms with E-state index in [1.54, 1.807) is 6.20 Å². The first-order chi connectivity index (χ1) is 13.0. The van der Waals surface area contributed by atoms with Gasteiger partial charge in [-0.3, -0.25) is 4.40 Å². The number of ether oxygens (including phenoxy) is 1. The highest BCUT2D eigenvalue weighted by Crippen LogP contribution is 2.25. The summed E-state index contributed by atoms with van der Waals surface area (Å²) in [6.07, 6.45) is 2.47. The van der Waals surface area contributed by atoms with Crippen LogP contribution >= 0.6 is 0 Å². The first kappa shape index (κ1) is 17.7. The van der Waals surface area contributed by atoms with Gasteiger partial charge in [0.25, 0.3) is 0 Å². The van der Waals surface area contributed by atoms with Crippen molar-refractivity contribution >= 4 is 11.5 Å². The number of alkyl halides is 1. The third kappa shape index (κ3) is 3.71. The van der Waals surface area contributed by atoms with Crippen LogP contribution in [0.15, 0.2) is 36.7 Å². The van der Waals surface area contributed by atoms with Gasteiger partial charge in [0.05, 0.1) is 29.7 Å². The summed E-state index contributed by atoms with van der Waals surface area (Å²) in [5.41, 5.74) is 1.74. The normalized spacial score (nSPS) is 19.7. The highest BCUT2D eigenvalue weighted by molar-refractivity contribution is 5.63. The third-order valence-corrected chi connectivity index (χ3v) is 4.38. The lowest BCUT2D eigenvalue weighted by molar-refractivity contribution is 0.242. The van der Waals surface area contributed by atoms with Crippen molar-refractivity contribution in [2.75, 3.05) is 18.4 Å². The number of aromatic nitrogens is 3. The van der Waals surface area contributed by atoms with Crippen LogP contribution in [0.2, 0.25) is 0 Å². The van der Waals surface area contributed by atoms with Crippen LogP contribution in [0.5, 0.6) is 5.75 Å². The highest BCUT2D eigenvalue weighted by atomic mass is 19.1. The monoisotopic (exact) mass is 373 g/mol. The maximum Gasteiger partial charge on any atom is 0.140 e. The highest BCUT2D eigenvalue weighted by Gasteiger charge is 2.27. The lowest BCUT2D eigenvalue weighted by Gasteiger charge is -2.15. The minimum absolute atomic E-state index is 0.0600. The SMILES string of the molecule is CC(C)Oc1ccn2c(-c3cc(F)cc(NC4CNCC4F)n3)cnc2c1. The number of halogens is 2. The van der Waals surface area contributed by atoms with Crippen molar-refractivity contribution in [2.24, 2.45) is 0 Å². The van der Waals surface area contributed by atoms with Crippen molar-refractivity contribution in [3.8, 4) is 17.1 Å². The average Bonchev–Trinajstić information content (AvgIpc) is 3.20. The lowest BCUT2D eigenvalue weighted by Crippen LogP contribution is -2.29. The molecule has 1 aliphatic rings. The second-order valence-corrected chi connectivity index (χ2v) is 6.88. The molecule has 0 aromatic carbocycles. The van der Waals surface area contributed by atoms with Gasteiger partial charge in [0.2, 0.25) is 0 Å². The number of fused-ring (bicyclic) bond motifs is 1. The second-order valence-electron chi connectivity index (χ2n) is 6.88. The zero-order valence-corrected chi connectivity index (χ0v) is 15.1. The predicted molar refractivity (Wildman–Crippen MR) is 99.3 cm³/mol. The molecule has 6 nitrogen and oxygen atoms in total. The smallest absolute Gasteiger partial charge is 0.140 e. The lowest BCUT2D eigenvalue weighted by atomic mass is 10.2. The molecule has 4 rings (SSSR count). The zero-order chi connectivity index (χ0) is 19.0. The molecule has 1 saturated heterocycles. The molecule has 1 aliphatic heterocycles. The van der Waals surface area contributed by atoms with Crippen LogP contribution in [0.3, 0.4) is 0 Å². The largest absolute Gasteiger partial charge is 0.491 e. The van der Waals surface area contributed by atoms with E-state index in [0.717, 1.165) is 0 Å². The van der Waals surface area contributed by atoms with E-state index in [1.165, 1.54) is 12.1 Å². The standard InChI is InChI=1S/C19H21F2N5O/c1-11(2)27-13-3-4-26-17(10-23-19(26)7-13)15-5-12(20)6-18(24-15)25-16-9-22-8-14(16)21/h3-7,10-11,14,16,22H,8-9H2,1-2H3,(H,24,25). The molecule has 4 heterocycles. The van der Waals surface area contributed by atoms with Crippen molar-refractivity contribution in [1.82, 2.24) is 19.7 Å². The second kappa shape index (κ2) is 7.11. The van der Waals surface area contributed by atoms with Crippen molar-refractivity contribution in [3.05, 3.63) is 42.5 Å². The van der Waals surface area contributed by atoms with E-state index in [9.17, 15) is 8.78 Å². The van der Waals surface area contributed by atoms with Crippen LogP contribution in [0.1, 0.15) is 13.8 Å². The molecule has 2 atom stereocenters. The summed E-state index contributed by atoms with van der Waals surface area (Å²) in [4.78, 5) is 8.83. The number of nitrogens with one attached hydrogen (secondary N) is 2. The van der Waals surface area contributed by atoms with Gasteiger partial charge in [-0.2, -0.15) is 0 Å². The first-order valence-electron chi connectivity index (χ1n) is 8.92. The molecule has 0 amide bonds. The fourth-order valence-corrected chi connectivity index (χ4v) is 3.18. The Morgan fingerprint density at radius 1 is 1.30 bits per heavy atom. The zero-order valence-electron chi connectivity index (χ0n) is 15.1. The molecule has 3 aromatic rings. The summed E-state index contributed by atoms with van der Waals surface area (Å²) in [6, 6.07) is 5.83. The van der Waals surface area contributed by atoms with Crippen molar-refractivity contribution in [2.45, 2.75) is 32.2 Å². The molecular formula is C19H21F2N5O. The van der Waals surface area contributed by atoms with E-state index in [1.807, 2.05) is 36.6 Å². The van der Waals surface area contributed by atoms with Gasteiger partial charge < -0.3 is 15.4 Å². The molecule has 2 N–H and O–H groups in total. The summed E-state index contributed by atoms with van der Waals surface area (Å²) < 4.78 is 35.5. The quantitative estimate of drug-likeness (QED) is 0.720. The van der Waals surface area contributed by atoms with E-state index in [2.05, 4.69) is 20.6 Å². The van der Waals surface area contributed by atoms with Gasteiger partial charge in [0.15, 0.2) is 0 Å². The molecule has 0 aliphatic carbocycles. The molecule has 0 radical (unpaired) electrons. The molecule has 0 saturated carbocycles. The van der Waals surface area contributed by atoms with Crippen LogP contribution in [-0.4, -0.2) is 45.8 Å². The van der Waals surface area contributed by atoms with Gasteiger partial charge in [-0.1, -0.05) is 0 Å². The van der Waals surface area contributed by atoms with Crippen LogP contribution in [0.4, 0.5) is 14.6 Å². The van der Waals surface area contributed by atoms with E-state index in [4.69, 9.17) is 4.74 Å². The average molecular weight is 373 g/mol. The number of anilines is 1. The molecule has 3 aromatic heterocycles. The Balaban J connectivity index is 1.66. The maximum absolute atomic E-state index is 14.2. The number of imidazole rings is 1. The Kier molecular flexibility index (Phi) is 4.65. The molecule has 0 spiro atoms. The topological polar surface area (TPSA) is 63.5 Å². The summed E-state index contributed by atoms with van der Waals surface area (Å²) in [6.45, 7) is 4.67. The summed E-state index contributed by atoms with van der Waals surface area (Å²) in [5, 5.41) is 5.93. The van der Waals surface area contributed by atoms with E-state index < -0.39 is 18.0 Å². The Morgan fingerprint density at radius 2 is 2.15 bits per heavy atom. The van der Waals surface area contributed by atoms with Gasteiger partial charge in [-0.25, -0.2) is 18.7 Å². The first-order valence-corrected chi connectivity index (χ1v) is 8.92. The van der Waals surface area contributed by atoms with Gasteiger partial charge >= 0.3 is 0 Å². The maximum atomic E-state index is 14.2. The van der Waals surface area contributed by atoms with Gasteiger partial charge in [0, 0.05) is 37.5 Å². The van der Waals surface area contributed by atoms with Crippen molar-refractivity contribution < 1.29 is 13.5 Å². The summed E-state index contributed by atoms with van der Waals surface area (Å²) in [7, 11) is 0. The predicted octanol–water partition coefficient (Wildman–Crippen LogP) is 3.04. The number of pyridine rings is 2. The summed E-state index contributed by atoms with van der Waals surface area (Å²) >= 11 is 0. The van der Waals surface area contributed by atoms with Crippen LogP contribution in [0.25, 0.3) is 17.0 Å². The fraction of sp³-hybridized carbons (Fsp3) is 0.368. The summed E-state index contributed by atoms with van der Waals surface area (Å²) in [5.74, 6) is 0.571. The Bertz CT molecular complexity index is 958. The van der Waals surface area contributed by atoms with Gasteiger partial charge in [0.1, 0.15) is 29.2 Å². The molecule has 8 heteroatoms. The van der Waals surface area contributed by atoms with Crippen LogP contribution in [-0.2, 0) is 0 Å². The van der Waals surface area contributed by atoms with Gasteiger partial charge in [-0.15, -0.1) is 0 Å². The van der Waals surface area contributed by atoms with Gasteiger partial charge in [-0.05, 0) is 19.9 Å². The number of hydrogen-bond donors (Lipinski definition) is 2. The minimum Gasteiger partial charge on any atom is -0.491 e. The number of hydrogen-bond acceptors (Lipinski definition) is 5.